The molecule has 0 aromatic rings. The Morgan fingerprint density at radius 2 is 1.31 bits per heavy atom. The summed E-state index contributed by atoms with van der Waals surface area (Å²) in [5.41, 5.74) is -0.0616. The van der Waals surface area contributed by atoms with Gasteiger partial charge in [0, 0.05) is 5.41 Å². The summed E-state index contributed by atoms with van der Waals surface area (Å²) < 4.78 is 6.17. The van der Waals surface area contributed by atoms with Gasteiger partial charge in [0.15, 0.2) is 8.32 Å². The van der Waals surface area contributed by atoms with E-state index in [4.69, 9.17) is 16.0 Å². The molecule has 13 heavy (non-hydrogen) atoms. The van der Waals surface area contributed by atoms with E-state index in [2.05, 4.69) is 47.3 Å². The first-order valence-electron chi connectivity index (χ1n) is 4.85. The molecule has 0 amide bonds. The monoisotopic (exact) mass is 220 g/mol. The molecule has 0 radical (unpaired) electrons. The van der Waals surface area contributed by atoms with Crippen molar-refractivity contribution < 1.29 is 4.43 Å². The first-order valence-corrected chi connectivity index (χ1v) is 8.63. The van der Waals surface area contributed by atoms with Crippen LogP contribution in [0.2, 0.25) is 19.6 Å². The van der Waals surface area contributed by atoms with Crippen molar-refractivity contribution in [3.8, 4) is 0 Å². The van der Waals surface area contributed by atoms with Crippen LogP contribution >= 0.6 is 11.6 Å². The molecule has 0 aliphatic heterocycles. The number of halogens is 1. The highest BCUT2D eigenvalue weighted by Gasteiger charge is 2.78. The second kappa shape index (κ2) is 2.53. The molecule has 0 aromatic carbocycles. The van der Waals surface area contributed by atoms with Crippen LogP contribution in [0.25, 0.3) is 0 Å². The van der Waals surface area contributed by atoms with Crippen LogP contribution in [0.1, 0.15) is 27.7 Å². The van der Waals surface area contributed by atoms with E-state index >= 15 is 0 Å². The van der Waals surface area contributed by atoms with Crippen molar-refractivity contribution in [3.05, 3.63) is 0 Å². The van der Waals surface area contributed by atoms with Crippen LogP contribution in [0.4, 0.5) is 0 Å². The fraction of sp³-hybridized carbons (Fsp3) is 1.00. The topological polar surface area (TPSA) is 9.23 Å². The van der Waals surface area contributed by atoms with E-state index < -0.39 is 8.32 Å². The summed E-state index contributed by atoms with van der Waals surface area (Å²) in [4.78, 5) is -0.208. The van der Waals surface area contributed by atoms with Crippen LogP contribution in [0.3, 0.4) is 0 Å². The molecule has 0 spiro atoms. The maximum Gasteiger partial charge on any atom is 0.184 e. The summed E-state index contributed by atoms with van der Waals surface area (Å²) in [6.45, 7) is 15.2. The molecular weight excluding hydrogens is 200 g/mol. The van der Waals surface area contributed by atoms with Crippen LogP contribution in [0.15, 0.2) is 0 Å². The molecule has 0 heterocycles. The largest absolute Gasteiger partial charge is 0.410 e. The van der Waals surface area contributed by atoms with Gasteiger partial charge in [-0.25, -0.2) is 0 Å². The number of hydrogen-bond donors (Lipinski definition) is 0. The van der Waals surface area contributed by atoms with Crippen LogP contribution in [0, 0.1) is 5.41 Å². The Hall–Kier alpha value is 0.467. The van der Waals surface area contributed by atoms with Gasteiger partial charge in [-0.2, -0.15) is 0 Å². The summed E-state index contributed by atoms with van der Waals surface area (Å²) in [6.07, 6.45) is 0. The minimum absolute atomic E-state index is 0.0852. The van der Waals surface area contributed by atoms with Gasteiger partial charge in [0.05, 0.1) is 10.5 Å². The molecule has 0 saturated heterocycles. The zero-order chi connectivity index (χ0) is 10.7. The quantitative estimate of drug-likeness (QED) is 0.510. The molecular formula is C10H21ClOSi. The van der Waals surface area contributed by atoms with Gasteiger partial charge < -0.3 is 4.43 Å². The van der Waals surface area contributed by atoms with Gasteiger partial charge in [0.2, 0.25) is 0 Å². The highest BCUT2D eigenvalue weighted by atomic mass is 35.5. The number of alkyl halides is 1. The lowest BCUT2D eigenvalue weighted by atomic mass is 10.1. The second-order valence-electron chi connectivity index (χ2n) is 5.88. The second-order valence-corrected chi connectivity index (χ2v) is 11.1. The van der Waals surface area contributed by atoms with E-state index in [-0.39, 0.29) is 15.9 Å². The van der Waals surface area contributed by atoms with Crippen molar-refractivity contribution in [2.75, 3.05) is 0 Å². The Labute approximate surface area is 87.9 Å². The summed E-state index contributed by atoms with van der Waals surface area (Å²) in [7, 11) is -1.49. The third-order valence-electron chi connectivity index (χ3n) is 3.71. The van der Waals surface area contributed by atoms with Gasteiger partial charge in [-0.3, -0.25) is 0 Å². The fourth-order valence-electron chi connectivity index (χ4n) is 2.07. The van der Waals surface area contributed by atoms with Gasteiger partial charge in [-0.05, 0) is 33.5 Å². The van der Waals surface area contributed by atoms with E-state index in [1.807, 2.05) is 0 Å². The van der Waals surface area contributed by atoms with Crippen molar-refractivity contribution in [1.29, 1.82) is 0 Å². The lowest BCUT2D eigenvalue weighted by Crippen LogP contribution is -2.36. The predicted molar refractivity (Wildman–Crippen MR) is 60.9 cm³/mol. The third-order valence-corrected chi connectivity index (χ3v) is 5.56. The molecule has 1 fully saturated rings. The highest BCUT2D eigenvalue weighted by Crippen LogP contribution is 2.71. The van der Waals surface area contributed by atoms with E-state index in [1.54, 1.807) is 0 Å². The van der Waals surface area contributed by atoms with E-state index in [0.717, 1.165) is 0 Å². The predicted octanol–water partition coefficient (Wildman–Crippen LogP) is 3.63. The highest BCUT2D eigenvalue weighted by molar-refractivity contribution is 6.70. The maximum atomic E-state index is 6.44. The van der Waals surface area contributed by atoms with Crippen molar-refractivity contribution in [2.45, 2.75) is 57.8 Å². The van der Waals surface area contributed by atoms with E-state index in [1.165, 1.54) is 0 Å². The van der Waals surface area contributed by atoms with Gasteiger partial charge in [-0.1, -0.05) is 13.8 Å². The Morgan fingerprint density at radius 1 is 1.00 bits per heavy atom. The van der Waals surface area contributed by atoms with Crippen molar-refractivity contribution in [1.82, 2.24) is 0 Å². The minimum Gasteiger partial charge on any atom is -0.410 e. The molecule has 1 aliphatic carbocycles. The van der Waals surface area contributed by atoms with Crippen LogP contribution in [-0.4, -0.2) is 18.8 Å². The normalized spacial score (nSPS) is 43.4. The van der Waals surface area contributed by atoms with Gasteiger partial charge in [0.25, 0.3) is 0 Å². The Kier molecular flexibility index (Phi) is 2.24. The van der Waals surface area contributed by atoms with Crippen molar-refractivity contribution >= 4 is 19.9 Å². The summed E-state index contributed by atoms with van der Waals surface area (Å²) >= 11 is 6.44. The lowest BCUT2D eigenvalue weighted by molar-refractivity contribution is 0.145. The van der Waals surface area contributed by atoms with Crippen LogP contribution in [0.5, 0.6) is 0 Å². The molecule has 0 bridgehead atoms. The summed E-state index contributed by atoms with van der Waals surface area (Å²) in [5, 5.41) is 0. The van der Waals surface area contributed by atoms with Gasteiger partial charge in [0.1, 0.15) is 0 Å². The lowest BCUT2D eigenvalue weighted by Gasteiger charge is -2.26. The minimum atomic E-state index is -1.49. The van der Waals surface area contributed by atoms with Crippen molar-refractivity contribution in [3.63, 3.8) is 0 Å². The molecule has 0 aromatic heterocycles. The van der Waals surface area contributed by atoms with E-state index in [0.29, 0.717) is 0 Å². The summed E-state index contributed by atoms with van der Waals surface area (Å²) in [5.74, 6) is 0. The first kappa shape index (κ1) is 11.5. The molecule has 1 rings (SSSR count). The Bertz CT molecular complexity index is 214. The zero-order valence-electron chi connectivity index (χ0n) is 9.79. The number of rotatable bonds is 2. The molecule has 1 aliphatic rings. The average molecular weight is 221 g/mol. The Balaban J connectivity index is 2.84. The SMILES string of the molecule is CC1(C)C(C)(Cl)C1(C)O[Si](C)(C)C. The average Bonchev–Trinajstić information content (AvgIpc) is 2.05. The third kappa shape index (κ3) is 1.38. The van der Waals surface area contributed by atoms with Crippen LogP contribution < -0.4 is 0 Å². The zero-order valence-corrected chi connectivity index (χ0v) is 11.5. The van der Waals surface area contributed by atoms with Crippen molar-refractivity contribution in [2.24, 2.45) is 5.41 Å². The maximum absolute atomic E-state index is 6.44. The van der Waals surface area contributed by atoms with Crippen LogP contribution in [-0.2, 0) is 4.43 Å². The first-order chi connectivity index (χ1) is 5.46. The molecule has 0 N–H and O–H groups in total. The fourth-order valence-corrected chi connectivity index (χ4v) is 4.23. The van der Waals surface area contributed by atoms with Gasteiger partial charge >= 0.3 is 0 Å². The van der Waals surface area contributed by atoms with Gasteiger partial charge in [-0.15, -0.1) is 11.6 Å². The molecule has 2 atom stereocenters. The summed E-state index contributed by atoms with van der Waals surface area (Å²) in [6, 6.07) is 0. The molecule has 3 heteroatoms. The standard InChI is InChI=1S/C10H21ClOSi/c1-8(2)9(3,11)10(8,4)12-13(5,6)7/h1-7H3. The molecule has 78 valence electrons. The number of hydrogen-bond acceptors (Lipinski definition) is 1. The van der Waals surface area contributed by atoms with E-state index in [9.17, 15) is 0 Å². The molecule has 1 nitrogen and oxygen atoms in total. The molecule has 1 saturated carbocycles. The molecule has 2 unspecified atom stereocenters. The Morgan fingerprint density at radius 3 is 1.38 bits per heavy atom. The smallest absolute Gasteiger partial charge is 0.184 e.